The number of urea groups is 1. The van der Waals surface area contributed by atoms with E-state index in [-0.39, 0.29) is 18.5 Å². The van der Waals surface area contributed by atoms with Gasteiger partial charge in [0.25, 0.3) is 0 Å². The molecule has 0 saturated heterocycles. The van der Waals surface area contributed by atoms with E-state index in [9.17, 15) is 14.4 Å². The summed E-state index contributed by atoms with van der Waals surface area (Å²) in [5, 5.41) is 14.6. The number of hydrogen-bond donors (Lipinski definition) is 3. The monoisotopic (exact) mass is 341 g/mol. The number of unbranched alkanes of at least 4 members (excludes halogenated alkanes) is 2. The predicted molar refractivity (Wildman–Crippen MR) is 91.8 cm³/mol. The van der Waals surface area contributed by atoms with Crippen LogP contribution in [0, 0.1) is 0 Å². The van der Waals surface area contributed by atoms with E-state index in [1.807, 2.05) is 0 Å². The molecule has 1 aliphatic carbocycles. The quantitative estimate of drug-likeness (QED) is 0.530. The number of likely N-dealkylation sites (N-methyl/N-ethyl adjacent to an activating group) is 1. The molecule has 1 saturated carbocycles. The lowest BCUT2D eigenvalue weighted by molar-refractivity contribution is -0.144. The third-order valence-corrected chi connectivity index (χ3v) is 4.35. The Balaban J connectivity index is 2.03. The van der Waals surface area contributed by atoms with Gasteiger partial charge in [0.2, 0.25) is 5.91 Å². The van der Waals surface area contributed by atoms with Crippen molar-refractivity contribution in [3.05, 3.63) is 0 Å². The second-order valence-electron chi connectivity index (χ2n) is 6.35. The smallest absolute Gasteiger partial charge is 0.323 e. The molecule has 0 aromatic heterocycles. The zero-order valence-corrected chi connectivity index (χ0v) is 14.7. The van der Waals surface area contributed by atoms with E-state index in [2.05, 4.69) is 10.6 Å². The number of carboxylic acid groups (broad SMARTS) is 1. The molecule has 1 fully saturated rings. The van der Waals surface area contributed by atoms with Crippen LogP contribution in [-0.4, -0.2) is 53.6 Å². The molecular weight excluding hydrogens is 310 g/mol. The van der Waals surface area contributed by atoms with E-state index < -0.39 is 5.97 Å². The minimum Gasteiger partial charge on any atom is -0.480 e. The van der Waals surface area contributed by atoms with Crippen LogP contribution in [0.2, 0.25) is 0 Å². The van der Waals surface area contributed by atoms with Gasteiger partial charge in [0.05, 0.1) is 0 Å². The van der Waals surface area contributed by atoms with Crippen LogP contribution < -0.4 is 10.6 Å². The average molecular weight is 341 g/mol. The number of nitrogens with one attached hydrogen (secondary N) is 2. The Morgan fingerprint density at radius 2 is 1.79 bits per heavy atom. The molecule has 7 nitrogen and oxygen atoms in total. The number of nitrogens with zero attached hydrogens (tertiary/aromatic N) is 1. The zero-order valence-electron chi connectivity index (χ0n) is 14.7. The maximum atomic E-state index is 11.9. The molecule has 1 aliphatic rings. The summed E-state index contributed by atoms with van der Waals surface area (Å²) in [5.41, 5.74) is 0. The van der Waals surface area contributed by atoms with Crippen LogP contribution in [0.4, 0.5) is 4.79 Å². The van der Waals surface area contributed by atoms with Crippen molar-refractivity contribution in [2.24, 2.45) is 0 Å². The summed E-state index contributed by atoms with van der Waals surface area (Å²) in [5.74, 6) is -1.11. The predicted octanol–water partition coefficient (Wildman–Crippen LogP) is 2.11. The second-order valence-corrected chi connectivity index (χ2v) is 6.35. The number of carbonyl (C=O) groups is 3. The van der Waals surface area contributed by atoms with Gasteiger partial charge in [0.1, 0.15) is 6.54 Å². The molecule has 0 unspecified atom stereocenters. The van der Waals surface area contributed by atoms with Crippen LogP contribution in [0.5, 0.6) is 0 Å². The minimum absolute atomic E-state index is 0.100. The summed E-state index contributed by atoms with van der Waals surface area (Å²) < 4.78 is 0. The SMILES string of the molecule is CCN(CC(=O)O)C(=O)CCCCCNC(=O)NC1CCCCC1. The molecule has 0 aromatic carbocycles. The third kappa shape index (κ3) is 8.74. The van der Waals surface area contributed by atoms with Crippen molar-refractivity contribution in [2.45, 2.75) is 70.8 Å². The molecule has 0 radical (unpaired) electrons. The van der Waals surface area contributed by atoms with Crippen molar-refractivity contribution < 1.29 is 19.5 Å². The van der Waals surface area contributed by atoms with Crippen LogP contribution in [-0.2, 0) is 9.59 Å². The molecule has 0 aliphatic heterocycles. The lowest BCUT2D eigenvalue weighted by Crippen LogP contribution is -2.43. The fourth-order valence-electron chi connectivity index (χ4n) is 2.96. The van der Waals surface area contributed by atoms with E-state index in [4.69, 9.17) is 5.11 Å². The highest BCUT2D eigenvalue weighted by Gasteiger charge is 2.15. The Labute approximate surface area is 144 Å². The molecule has 0 spiro atoms. The third-order valence-electron chi connectivity index (χ3n) is 4.35. The molecule has 1 rings (SSSR count). The second kappa shape index (κ2) is 11.7. The van der Waals surface area contributed by atoms with Crippen LogP contribution in [0.25, 0.3) is 0 Å². The van der Waals surface area contributed by atoms with Crippen molar-refractivity contribution in [3.8, 4) is 0 Å². The summed E-state index contributed by atoms with van der Waals surface area (Å²) >= 11 is 0. The largest absolute Gasteiger partial charge is 0.480 e. The van der Waals surface area contributed by atoms with Gasteiger partial charge in [0.15, 0.2) is 0 Å². The fourth-order valence-corrected chi connectivity index (χ4v) is 2.96. The van der Waals surface area contributed by atoms with Gasteiger partial charge in [-0.2, -0.15) is 0 Å². The van der Waals surface area contributed by atoms with Crippen molar-refractivity contribution in [2.75, 3.05) is 19.6 Å². The van der Waals surface area contributed by atoms with Crippen molar-refractivity contribution in [1.82, 2.24) is 15.5 Å². The Morgan fingerprint density at radius 1 is 1.08 bits per heavy atom. The van der Waals surface area contributed by atoms with Gasteiger partial charge in [-0.05, 0) is 32.6 Å². The first kappa shape index (κ1) is 20.3. The van der Waals surface area contributed by atoms with E-state index in [1.165, 1.54) is 24.2 Å². The number of carbonyl (C=O) groups excluding carboxylic acids is 2. The molecule has 7 heteroatoms. The Morgan fingerprint density at radius 3 is 2.42 bits per heavy atom. The maximum absolute atomic E-state index is 11.9. The highest BCUT2D eigenvalue weighted by atomic mass is 16.4. The van der Waals surface area contributed by atoms with Gasteiger partial charge in [-0.25, -0.2) is 4.79 Å². The Kier molecular flexibility index (Phi) is 9.88. The van der Waals surface area contributed by atoms with E-state index in [1.54, 1.807) is 6.92 Å². The minimum atomic E-state index is -0.988. The van der Waals surface area contributed by atoms with Crippen LogP contribution >= 0.6 is 0 Å². The van der Waals surface area contributed by atoms with Gasteiger partial charge in [0, 0.05) is 25.6 Å². The first-order valence-corrected chi connectivity index (χ1v) is 9.06. The van der Waals surface area contributed by atoms with Crippen molar-refractivity contribution in [1.29, 1.82) is 0 Å². The summed E-state index contributed by atoms with van der Waals surface area (Å²) in [6, 6.07) is 0.210. The van der Waals surface area contributed by atoms with Crippen LogP contribution in [0.15, 0.2) is 0 Å². The number of hydrogen-bond acceptors (Lipinski definition) is 3. The fraction of sp³-hybridized carbons (Fsp3) is 0.824. The number of carboxylic acids is 1. The zero-order chi connectivity index (χ0) is 17.8. The molecule has 0 heterocycles. The number of aliphatic carboxylic acids is 1. The molecule has 0 aromatic rings. The Bertz CT molecular complexity index is 409. The Hall–Kier alpha value is -1.79. The molecule has 24 heavy (non-hydrogen) atoms. The maximum Gasteiger partial charge on any atom is 0.323 e. The van der Waals surface area contributed by atoms with E-state index >= 15 is 0 Å². The molecule has 0 bridgehead atoms. The van der Waals surface area contributed by atoms with Crippen LogP contribution in [0.1, 0.15) is 64.7 Å². The normalized spacial score (nSPS) is 14.9. The standard InChI is InChI=1S/C17H31N3O4/c1-2-20(13-16(22)23)15(21)11-7-4-8-12-18-17(24)19-14-9-5-3-6-10-14/h14H,2-13H2,1H3,(H,22,23)(H2,18,19,24). The summed E-state index contributed by atoms with van der Waals surface area (Å²) in [6.45, 7) is 2.54. The number of amides is 3. The van der Waals surface area contributed by atoms with Gasteiger partial charge in [-0.1, -0.05) is 25.7 Å². The van der Waals surface area contributed by atoms with Crippen molar-refractivity contribution in [3.63, 3.8) is 0 Å². The molecule has 3 amide bonds. The van der Waals surface area contributed by atoms with Gasteiger partial charge < -0.3 is 20.6 Å². The van der Waals surface area contributed by atoms with Gasteiger partial charge in [-0.15, -0.1) is 0 Å². The average Bonchev–Trinajstić information content (AvgIpc) is 2.56. The van der Waals surface area contributed by atoms with Crippen LogP contribution in [0.3, 0.4) is 0 Å². The summed E-state index contributed by atoms with van der Waals surface area (Å²) in [4.78, 5) is 35.6. The highest BCUT2D eigenvalue weighted by molar-refractivity contribution is 5.81. The first-order valence-electron chi connectivity index (χ1n) is 9.06. The molecular formula is C17H31N3O4. The lowest BCUT2D eigenvalue weighted by atomic mass is 9.96. The lowest BCUT2D eigenvalue weighted by Gasteiger charge is -2.22. The summed E-state index contributed by atoms with van der Waals surface area (Å²) in [7, 11) is 0. The molecule has 138 valence electrons. The first-order chi connectivity index (χ1) is 11.5. The van der Waals surface area contributed by atoms with Crippen molar-refractivity contribution >= 4 is 17.9 Å². The topological polar surface area (TPSA) is 98.7 Å². The van der Waals surface area contributed by atoms with Gasteiger partial charge in [-0.3, -0.25) is 9.59 Å². The summed E-state index contributed by atoms with van der Waals surface area (Å²) in [6.07, 6.45) is 8.50. The molecule has 0 atom stereocenters. The molecule has 3 N–H and O–H groups in total. The van der Waals surface area contributed by atoms with E-state index in [0.29, 0.717) is 32.0 Å². The van der Waals surface area contributed by atoms with E-state index in [0.717, 1.165) is 25.7 Å². The highest BCUT2D eigenvalue weighted by Crippen LogP contribution is 2.17. The number of rotatable bonds is 10. The van der Waals surface area contributed by atoms with Gasteiger partial charge >= 0.3 is 12.0 Å².